The van der Waals surface area contributed by atoms with Crippen molar-refractivity contribution in [2.75, 3.05) is 6.61 Å². The van der Waals surface area contributed by atoms with Crippen molar-refractivity contribution in [3.63, 3.8) is 0 Å². The lowest BCUT2D eigenvalue weighted by Crippen LogP contribution is -2.43. The van der Waals surface area contributed by atoms with Crippen molar-refractivity contribution in [2.24, 2.45) is 0 Å². The molecule has 1 aromatic rings. The highest BCUT2D eigenvalue weighted by Gasteiger charge is 2.40. The molecule has 1 aromatic heterocycles. The summed E-state index contributed by atoms with van der Waals surface area (Å²) in [5.41, 5.74) is -2.20. The summed E-state index contributed by atoms with van der Waals surface area (Å²) < 4.78 is 37.9. The zero-order chi connectivity index (χ0) is 30.9. The highest BCUT2D eigenvalue weighted by atomic mass is 19.1. The fourth-order valence-electron chi connectivity index (χ4n) is 4.69. The molecular weight excluding hydrogens is 551 g/mol. The molecule has 0 radical (unpaired) electrons. The van der Waals surface area contributed by atoms with Crippen LogP contribution in [0.3, 0.4) is 0 Å². The van der Waals surface area contributed by atoms with E-state index in [2.05, 4.69) is 13.8 Å². The standard InChI is InChI=1S/C30H47FN2O9/c1-4-7-9-11-13-16-27(35)39-20-24-23(42-28(36)17-14-12-10-8-5-2)18-25(41-24)32-19-22(31)29(37)33(30(32)38)21-40-26(34)15-6-3/h19,23-25H,4-18,20-21H2,1-3H3/t23-,24+,25+/m0/s1. The molecule has 238 valence electrons. The first-order valence-corrected chi connectivity index (χ1v) is 15.4. The van der Waals surface area contributed by atoms with Crippen LogP contribution in [0, 0.1) is 5.82 Å². The second-order valence-electron chi connectivity index (χ2n) is 10.7. The van der Waals surface area contributed by atoms with Gasteiger partial charge in [0.1, 0.15) is 25.0 Å². The number of carbonyl (C=O) groups excluding carboxylic acids is 3. The van der Waals surface area contributed by atoms with Gasteiger partial charge in [0.25, 0.3) is 5.56 Å². The molecule has 2 heterocycles. The van der Waals surface area contributed by atoms with E-state index in [0.717, 1.165) is 62.1 Å². The van der Waals surface area contributed by atoms with Crippen LogP contribution in [-0.4, -0.2) is 45.9 Å². The fraction of sp³-hybridized carbons (Fsp3) is 0.767. The van der Waals surface area contributed by atoms with Crippen LogP contribution in [0.25, 0.3) is 0 Å². The maximum Gasteiger partial charge on any atom is 0.336 e. The summed E-state index contributed by atoms with van der Waals surface area (Å²) in [7, 11) is 0. The minimum Gasteiger partial charge on any atom is -0.463 e. The summed E-state index contributed by atoms with van der Waals surface area (Å²) in [6.45, 7) is 5.00. The Hall–Kier alpha value is -3.02. The maximum absolute atomic E-state index is 14.6. The number of hydrogen-bond acceptors (Lipinski definition) is 9. The summed E-state index contributed by atoms with van der Waals surface area (Å²) in [6.07, 6.45) is 8.43. The van der Waals surface area contributed by atoms with Crippen LogP contribution in [0.2, 0.25) is 0 Å². The van der Waals surface area contributed by atoms with Gasteiger partial charge in [0, 0.05) is 25.7 Å². The van der Waals surface area contributed by atoms with Gasteiger partial charge < -0.3 is 18.9 Å². The molecule has 0 saturated carbocycles. The Morgan fingerprint density at radius 3 is 2.05 bits per heavy atom. The summed E-state index contributed by atoms with van der Waals surface area (Å²) in [6, 6.07) is 0. The second-order valence-corrected chi connectivity index (χ2v) is 10.7. The smallest absolute Gasteiger partial charge is 0.336 e. The number of hydrogen-bond donors (Lipinski definition) is 0. The van der Waals surface area contributed by atoms with Crippen LogP contribution >= 0.6 is 0 Å². The minimum atomic E-state index is -1.25. The second kappa shape index (κ2) is 19.2. The lowest BCUT2D eigenvalue weighted by molar-refractivity contribution is -0.158. The predicted molar refractivity (Wildman–Crippen MR) is 152 cm³/mol. The number of esters is 3. The van der Waals surface area contributed by atoms with Gasteiger partial charge >= 0.3 is 23.6 Å². The van der Waals surface area contributed by atoms with Gasteiger partial charge in [-0.05, 0) is 19.3 Å². The lowest BCUT2D eigenvalue weighted by atomic mass is 10.1. The van der Waals surface area contributed by atoms with E-state index in [4.69, 9.17) is 18.9 Å². The van der Waals surface area contributed by atoms with Crippen molar-refractivity contribution in [2.45, 2.75) is 142 Å². The van der Waals surface area contributed by atoms with Crippen molar-refractivity contribution >= 4 is 17.9 Å². The average Bonchev–Trinajstić information content (AvgIpc) is 3.35. The Balaban J connectivity index is 2.14. The largest absolute Gasteiger partial charge is 0.463 e. The molecule has 3 atom stereocenters. The van der Waals surface area contributed by atoms with E-state index in [0.29, 0.717) is 23.8 Å². The van der Waals surface area contributed by atoms with Crippen LogP contribution < -0.4 is 11.2 Å². The lowest BCUT2D eigenvalue weighted by Gasteiger charge is -2.19. The van der Waals surface area contributed by atoms with Crippen molar-refractivity contribution in [1.29, 1.82) is 0 Å². The van der Waals surface area contributed by atoms with Gasteiger partial charge in [-0.25, -0.2) is 9.36 Å². The van der Waals surface area contributed by atoms with Crippen LogP contribution in [0.4, 0.5) is 4.39 Å². The third-order valence-corrected chi connectivity index (χ3v) is 7.11. The van der Waals surface area contributed by atoms with Crippen molar-refractivity contribution < 1.29 is 37.7 Å². The first kappa shape index (κ1) is 35.2. The molecule has 11 nitrogen and oxygen atoms in total. The molecule has 1 saturated heterocycles. The molecule has 1 aliphatic rings. The molecule has 0 aromatic carbocycles. The Bertz CT molecular complexity index is 1120. The van der Waals surface area contributed by atoms with E-state index in [-0.39, 0.29) is 32.3 Å². The number of nitrogens with zero attached hydrogens (tertiary/aromatic N) is 2. The Kier molecular flexibility index (Phi) is 16.1. The van der Waals surface area contributed by atoms with Crippen molar-refractivity contribution in [3.8, 4) is 0 Å². The van der Waals surface area contributed by atoms with Crippen molar-refractivity contribution in [3.05, 3.63) is 32.9 Å². The zero-order valence-electron chi connectivity index (χ0n) is 25.3. The highest BCUT2D eigenvalue weighted by Crippen LogP contribution is 2.31. The summed E-state index contributed by atoms with van der Waals surface area (Å²) >= 11 is 0. The zero-order valence-corrected chi connectivity index (χ0v) is 25.3. The number of rotatable bonds is 20. The number of unbranched alkanes of at least 4 members (excludes halogenated alkanes) is 8. The number of ether oxygens (including phenoxy) is 4. The molecule has 0 unspecified atom stereocenters. The van der Waals surface area contributed by atoms with Gasteiger partial charge in [-0.1, -0.05) is 72.1 Å². The number of halogens is 1. The first-order chi connectivity index (χ1) is 20.2. The monoisotopic (exact) mass is 598 g/mol. The van der Waals surface area contributed by atoms with Gasteiger partial charge in [0.2, 0.25) is 5.82 Å². The maximum atomic E-state index is 14.6. The predicted octanol–water partition coefficient (Wildman–Crippen LogP) is 4.91. The Morgan fingerprint density at radius 2 is 1.43 bits per heavy atom. The summed E-state index contributed by atoms with van der Waals surface area (Å²) in [5.74, 6) is -2.74. The minimum absolute atomic E-state index is 0.0337. The van der Waals surface area contributed by atoms with Gasteiger partial charge in [-0.3, -0.25) is 23.7 Å². The number of carbonyl (C=O) groups is 3. The normalized spacial score (nSPS) is 18.1. The third kappa shape index (κ3) is 11.7. The van der Waals surface area contributed by atoms with E-state index in [1.165, 1.54) is 0 Å². The SMILES string of the molecule is CCCCCCCC(=O)OC[C@H]1O[C@@H](n2cc(F)c(=O)n(COC(=O)CCC)c2=O)C[C@@H]1OC(=O)CCCCCCC. The summed E-state index contributed by atoms with van der Waals surface area (Å²) in [5, 5.41) is 0. The molecule has 42 heavy (non-hydrogen) atoms. The molecule has 0 aliphatic carbocycles. The Labute approximate surface area is 246 Å². The molecule has 0 amide bonds. The van der Waals surface area contributed by atoms with Gasteiger partial charge in [0.05, 0.1) is 6.20 Å². The molecular formula is C30H47FN2O9. The van der Waals surface area contributed by atoms with E-state index in [1.807, 2.05) is 0 Å². The highest BCUT2D eigenvalue weighted by molar-refractivity contribution is 5.70. The molecule has 0 N–H and O–H groups in total. The van der Waals surface area contributed by atoms with E-state index in [1.54, 1.807) is 6.92 Å². The summed E-state index contributed by atoms with van der Waals surface area (Å²) in [4.78, 5) is 62.1. The molecule has 1 aliphatic heterocycles. The van der Waals surface area contributed by atoms with Gasteiger partial charge in [0.15, 0.2) is 6.73 Å². The third-order valence-electron chi connectivity index (χ3n) is 7.11. The van der Waals surface area contributed by atoms with E-state index >= 15 is 0 Å². The van der Waals surface area contributed by atoms with Crippen LogP contribution in [0.5, 0.6) is 0 Å². The quantitative estimate of drug-likeness (QED) is 0.117. The Morgan fingerprint density at radius 1 is 0.833 bits per heavy atom. The van der Waals surface area contributed by atoms with Crippen LogP contribution in [0.1, 0.15) is 123 Å². The average molecular weight is 599 g/mol. The topological polar surface area (TPSA) is 132 Å². The van der Waals surface area contributed by atoms with Crippen molar-refractivity contribution in [1.82, 2.24) is 9.13 Å². The molecule has 1 fully saturated rings. The van der Waals surface area contributed by atoms with E-state index in [9.17, 15) is 28.4 Å². The molecule has 2 rings (SSSR count). The van der Waals surface area contributed by atoms with Gasteiger partial charge in [-0.15, -0.1) is 0 Å². The first-order valence-electron chi connectivity index (χ1n) is 15.4. The molecule has 0 bridgehead atoms. The molecule has 0 spiro atoms. The number of aromatic nitrogens is 2. The van der Waals surface area contributed by atoms with Gasteiger partial charge in [-0.2, -0.15) is 4.39 Å². The van der Waals surface area contributed by atoms with Crippen LogP contribution in [-0.2, 0) is 40.1 Å². The van der Waals surface area contributed by atoms with Crippen LogP contribution in [0.15, 0.2) is 15.8 Å². The molecule has 12 heteroatoms. The fourth-order valence-corrected chi connectivity index (χ4v) is 4.69. The van der Waals surface area contributed by atoms with E-state index < -0.39 is 60.1 Å².